The molecule has 0 fully saturated rings. The van der Waals surface area contributed by atoms with E-state index in [0.717, 1.165) is 6.42 Å². The number of unbranched alkanes of at least 4 members (excludes halogenated alkanes) is 1. The van der Waals surface area contributed by atoms with Crippen molar-refractivity contribution in [1.82, 2.24) is 5.32 Å². The van der Waals surface area contributed by atoms with Crippen molar-refractivity contribution < 1.29 is 24.4 Å². The highest BCUT2D eigenvalue weighted by molar-refractivity contribution is 5.88. The molecule has 1 atom stereocenters. The van der Waals surface area contributed by atoms with Crippen molar-refractivity contribution in [3.8, 4) is 0 Å². The van der Waals surface area contributed by atoms with Gasteiger partial charge < -0.3 is 15.2 Å². The van der Waals surface area contributed by atoms with Gasteiger partial charge in [0.25, 0.3) is 5.69 Å². The number of aliphatic hydroxyl groups excluding tert-OH is 1. The molecule has 8 nitrogen and oxygen atoms in total. The molecule has 0 aliphatic carbocycles. The molecular weight excluding hydrogens is 304 g/mol. The van der Waals surface area contributed by atoms with E-state index in [1.54, 1.807) is 0 Å². The third-order valence-corrected chi connectivity index (χ3v) is 3.15. The lowest BCUT2D eigenvalue weighted by molar-refractivity contribution is -0.384. The van der Waals surface area contributed by atoms with Gasteiger partial charge in [-0.3, -0.25) is 14.9 Å². The third-order valence-electron chi connectivity index (χ3n) is 3.15. The van der Waals surface area contributed by atoms with Crippen molar-refractivity contribution in [2.45, 2.75) is 32.2 Å². The zero-order chi connectivity index (χ0) is 17.2. The lowest BCUT2D eigenvalue weighted by Crippen LogP contribution is -2.44. The summed E-state index contributed by atoms with van der Waals surface area (Å²) in [7, 11) is 0. The minimum absolute atomic E-state index is 0.0641. The Morgan fingerprint density at radius 1 is 1.35 bits per heavy atom. The molecule has 2 N–H and O–H groups in total. The van der Waals surface area contributed by atoms with Crippen molar-refractivity contribution >= 4 is 17.6 Å². The van der Waals surface area contributed by atoms with E-state index in [2.05, 4.69) is 5.32 Å². The molecule has 1 aromatic rings. The number of aliphatic hydroxyl groups is 1. The summed E-state index contributed by atoms with van der Waals surface area (Å²) in [5, 5.41) is 22.0. The second-order valence-electron chi connectivity index (χ2n) is 4.94. The number of benzene rings is 1. The fourth-order valence-electron chi connectivity index (χ4n) is 1.84. The van der Waals surface area contributed by atoms with Crippen LogP contribution >= 0.6 is 0 Å². The van der Waals surface area contributed by atoms with Crippen LogP contribution < -0.4 is 5.32 Å². The molecule has 23 heavy (non-hydrogen) atoms. The number of nitro benzene ring substituents is 1. The topological polar surface area (TPSA) is 119 Å². The first-order chi connectivity index (χ1) is 11.0. The van der Waals surface area contributed by atoms with Crippen LogP contribution in [0.2, 0.25) is 0 Å². The highest BCUT2D eigenvalue weighted by Crippen LogP contribution is 2.13. The number of non-ortho nitro benzene ring substituents is 1. The smallest absolute Gasteiger partial charge is 0.407 e. The summed E-state index contributed by atoms with van der Waals surface area (Å²) < 4.78 is 4.92. The summed E-state index contributed by atoms with van der Waals surface area (Å²) in [6.45, 7) is 1.49. The number of alkyl carbamates (subject to hydrolysis) is 1. The molecule has 0 radical (unpaired) electrons. The molecule has 126 valence electrons. The summed E-state index contributed by atoms with van der Waals surface area (Å²) in [6, 6.07) is 4.68. The van der Waals surface area contributed by atoms with Crippen LogP contribution in [0.3, 0.4) is 0 Å². The zero-order valence-corrected chi connectivity index (χ0v) is 12.9. The van der Waals surface area contributed by atoms with E-state index in [-0.39, 0.29) is 18.7 Å². The van der Waals surface area contributed by atoms with E-state index in [0.29, 0.717) is 12.0 Å². The largest absolute Gasteiger partial charge is 0.450 e. The van der Waals surface area contributed by atoms with Gasteiger partial charge in [0.15, 0.2) is 5.78 Å². The Labute approximate surface area is 133 Å². The predicted octanol–water partition coefficient (Wildman–Crippen LogP) is 1.59. The number of carbonyl (C=O) groups excluding carboxylic acids is 2. The molecule has 0 spiro atoms. The Morgan fingerprint density at radius 2 is 2.00 bits per heavy atom. The van der Waals surface area contributed by atoms with Crippen LogP contribution in [0.5, 0.6) is 0 Å². The van der Waals surface area contributed by atoms with Gasteiger partial charge in [0.05, 0.1) is 17.6 Å². The minimum atomic E-state index is -0.949. The van der Waals surface area contributed by atoms with Crippen LogP contribution in [0.25, 0.3) is 0 Å². The SMILES string of the molecule is CCCCOC(=O)N[C@@H](Cc1ccc([N+](=O)[O-])cc1)C(=O)CO. The molecule has 0 bridgehead atoms. The quantitative estimate of drug-likeness (QED) is 0.404. The van der Waals surface area contributed by atoms with Crippen molar-refractivity contribution in [2.24, 2.45) is 0 Å². The molecule has 0 unspecified atom stereocenters. The fraction of sp³-hybridized carbons (Fsp3) is 0.467. The van der Waals surface area contributed by atoms with Crippen molar-refractivity contribution in [3.05, 3.63) is 39.9 Å². The number of hydrogen-bond acceptors (Lipinski definition) is 6. The lowest BCUT2D eigenvalue weighted by atomic mass is 10.0. The van der Waals surface area contributed by atoms with Gasteiger partial charge in [0.2, 0.25) is 0 Å². The third kappa shape index (κ3) is 6.43. The summed E-state index contributed by atoms with van der Waals surface area (Å²) >= 11 is 0. The average molecular weight is 324 g/mol. The standard InChI is InChI=1S/C15H20N2O6/c1-2-3-8-23-15(20)16-13(14(19)10-18)9-11-4-6-12(7-5-11)17(21)22/h4-7,13,18H,2-3,8-10H2,1H3,(H,16,20)/t13-/m0/s1. The Kier molecular flexibility index (Phi) is 7.69. The van der Waals surface area contributed by atoms with Crippen molar-refractivity contribution in [2.75, 3.05) is 13.2 Å². The number of nitrogens with zero attached hydrogens (tertiary/aromatic N) is 1. The number of hydrogen-bond donors (Lipinski definition) is 2. The maximum absolute atomic E-state index is 11.7. The molecule has 1 amide bonds. The van der Waals surface area contributed by atoms with Crippen molar-refractivity contribution in [3.63, 3.8) is 0 Å². The van der Waals surface area contributed by atoms with Gasteiger partial charge in [-0.25, -0.2) is 4.79 Å². The first-order valence-corrected chi connectivity index (χ1v) is 7.28. The Morgan fingerprint density at radius 3 is 2.52 bits per heavy atom. The van der Waals surface area contributed by atoms with Gasteiger partial charge in [0.1, 0.15) is 6.61 Å². The molecule has 8 heteroatoms. The van der Waals surface area contributed by atoms with E-state index >= 15 is 0 Å². The zero-order valence-electron chi connectivity index (χ0n) is 12.9. The summed E-state index contributed by atoms with van der Waals surface area (Å²) in [5.74, 6) is -0.559. The van der Waals surface area contributed by atoms with E-state index < -0.39 is 29.4 Å². The number of nitro groups is 1. The van der Waals surface area contributed by atoms with E-state index in [4.69, 9.17) is 9.84 Å². The fourth-order valence-corrected chi connectivity index (χ4v) is 1.84. The van der Waals surface area contributed by atoms with Crippen LogP contribution in [-0.4, -0.2) is 41.2 Å². The predicted molar refractivity (Wildman–Crippen MR) is 82.1 cm³/mol. The second kappa shape index (κ2) is 9.52. The molecule has 0 aliphatic rings. The first kappa shape index (κ1) is 18.6. The van der Waals surface area contributed by atoms with Crippen molar-refractivity contribution in [1.29, 1.82) is 0 Å². The highest BCUT2D eigenvalue weighted by Gasteiger charge is 2.21. The molecule has 1 aromatic carbocycles. The second-order valence-corrected chi connectivity index (χ2v) is 4.94. The highest BCUT2D eigenvalue weighted by atomic mass is 16.6. The van der Waals surface area contributed by atoms with Gasteiger partial charge in [0, 0.05) is 12.1 Å². The van der Waals surface area contributed by atoms with E-state index in [1.165, 1.54) is 24.3 Å². The summed E-state index contributed by atoms with van der Waals surface area (Å²) in [4.78, 5) is 33.4. The molecule has 0 aliphatic heterocycles. The summed E-state index contributed by atoms with van der Waals surface area (Å²) in [6.07, 6.45) is 0.969. The first-order valence-electron chi connectivity index (χ1n) is 7.28. The normalized spacial score (nSPS) is 11.6. The van der Waals surface area contributed by atoms with Gasteiger partial charge >= 0.3 is 6.09 Å². The minimum Gasteiger partial charge on any atom is -0.450 e. The molecule has 0 aromatic heterocycles. The van der Waals surface area contributed by atoms with Gasteiger partial charge in [-0.15, -0.1) is 0 Å². The number of nitrogens with one attached hydrogen (secondary N) is 1. The molecule has 0 saturated carbocycles. The maximum Gasteiger partial charge on any atom is 0.407 e. The number of Topliss-reactive ketones (excluding diaryl/α,β-unsaturated/α-hetero) is 1. The molecular formula is C15H20N2O6. The Hall–Kier alpha value is -2.48. The van der Waals surface area contributed by atoms with Gasteiger partial charge in [-0.2, -0.15) is 0 Å². The molecule has 1 rings (SSSR count). The lowest BCUT2D eigenvalue weighted by Gasteiger charge is -2.16. The van der Waals surface area contributed by atoms with Crippen LogP contribution in [0, 0.1) is 10.1 Å². The monoisotopic (exact) mass is 324 g/mol. The maximum atomic E-state index is 11.7. The number of ether oxygens (including phenoxy) is 1. The summed E-state index contributed by atoms with van der Waals surface area (Å²) in [5.41, 5.74) is 0.557. The average Bonchev–Trinajstić information content (AvgIpc) is 2.54. The van der Waals surface area contributed by atoms with Crippen LogP contribution in [0.15, 0.2) is 24.3 Å². The van der Waals surface area contributed by atoms with Gasteiger partial charge in [-0.05, 0) is 18.4 Å². The van der Waals surface area contributed by atoms with Gasteiger partial charge in [-0.1, -0.05) is 25.5 Å². The Balaban J connectivity index is 2.69. The number of ketones is 1. The number of amides is 1. The van der Waals surface area contributed by atoms with Crippen LogP contribution in [0.1, 0.15) is 25.3 Å². The molecule has 0 saturated heterocycles. The van der Waals surface area contributed by atoms with E-state index in [9.17, 15) is 19.7 Å². The van der Waals surface area contributed by atoms with Crippen LogP contribution in [0.4, 0.5) is 10.5 Å². The van der Waals surface area contributed by atoms with Crippen LogP contribution in [-0.2, 0) is 16.0 Å². The Bertz CT molecular complexity index is 543. The van der Waals surface area contributed by atoms with E-state index in [1.807, 2.05) is 6.92 Å². The molecule has 0 heterocycles. The number of rotatable bonds is 9. The number of carbonyl (C=O) groups is 2.